The van der Waals surface area contributed by atoms with E-state index in [0.717, 1.165) is 44.0 Å². The predicted octanol–water partition coefficient (Wildman–Crippen LogP) is 0.953. The van der Waals surface area contributed by atoms with E-state index < -0.39 is 0 Å². The van der Waals surface area contributed by atoms with Crippen LogP contribution in [0.4, 0.5) is 5.69 Å². The average Bonchev–Trinajstić information content (AvgIpc) is 2.76. The number of carbonyl (C=O) groups excluding carboxylic acids is 1. The number of hydrogen-bond donors (Lipinski definition) is 1. The Kier molecular flexibility index (Phi) is 5.24. The summed E-state index contributed by atoms with van der Waals surface area (Å²) in [6, 6.07) is 7.75. The average molecular weight is 277 g/mol. The molecule has 20 heavy (non-hydrogen) atoms. The van der Waals surface area contributed by atoms with Gasteiger partial charge in [0.2, 0.25) is 5.91 Å². The Labute approximate surface area is 120 Å². The van der Waals surface area contributed by atoms with E-state index in [4.69, 9.17) is 4.74 Å². The minimum Gasteiger partial charge on any atom is -0.497 e. The third-order valence-electron chi connectivity index (χ3n) is 3.58. The standard InChI is InChI=1S/C15H23N3O2/c1-17(13-4-6-14(20-2)7-5-13)12-15(19)18-10-3-8-16-9-11-18/h4-7,16H,3,8-12H2,1-2H3. The van der Waals surface area contributed by atoms with Crippen LogP contribution >= 0.6 is 0 Å². The summed E-state index contributed by atoms with van der Waals surface area (Å²) in [6.07, 6.45) is 1.03. The molecular formula is C15H23N3O2. The van der Waals surface area contributed by atoms with Gasteiger partial charge in [-0.25, -0.2) is 0 Å². The van der Waals surface area contributed by atoms with Crippen molar-refractivity contribution >= 4 is 11.6 Å². The van der Waals surface area contributed by atoms with Gasteiger partial charge in [0.15, 0.2) is 0 Å². The van der Waals surface area contributed by atoms with E-state index in [9.17, 15) is 4.79 Å². The fourth-order valence-corrected chi connectivity index (χ4v) is 2.33. The van der Waals surface area contributed by atoms with Crippen LogP contribution in [0.3, 0.4) is 0 Å². The summed E-state index contributed by atoms with van der Waals surface area (Å²) >= 11 is 0. The fraction of sp³-hybridized carbons (Fsp3) is 0.533. The number of nitrogens with one attached hydrogen (secondary N) is 1. The lowest BCUT2D eigenvalue weighted by Crippen LogP contribution is -2.40. The zero-order chi connectivity index (χ0) is 14.4. The summed E-state index contributed by atoms with van der Waals surface area (Å²) in [5.74, 6) is 1.01. The highest BCUT2D eigenvalue weighted by Gasteiger charge is 2.17. The van der Waals surface area contributed by atoms with Crippen molar-refractivity contribution in [3.8, 4) is 5.75 Å². The van der Waals surface area contributed by atoms with Crippen LogP contribution in [0.25, 0.3) is 0 Å². The van der Waals surface area contributed by atoms with Crippen molar-refractivity contribution in [1.82, 2.24) is 10.2 Å². The molecule has 0 saturated carbocycles. The molecule has 1 fully saturated rings. The summed E-state index contributed by atoms with van der Waals surface area (Å²) in [7, 11) is 3.59. The van der Waals surface area contributed by atoms with Crippen LogP contribution in [-0.2, 0) is 4.79 Å². The molecule has 1 aliphatic heterocycles. The molecule has 0 radical (unpaired) electrons. The first-order valence-electron chi connectivity index (χ1n) is 7.04. The number of hydrogen-bond acceptors (Lipinski definition) is 4. The van der Waals surface area contributed by atoms with Gasteiger partial charge in [0, 0.05) is 32.4 Å². The summed E-state index contributed by atoms with van der Waals surface area (Å²) in [6.45, 7) is 3.94. The zero-order valence-electron chi connectivity index (χ0n) is 12.3. The predicted molar refractivity (Wildman–Crippen MR) is 80.3 cm³/mol. The Morgan fingerprint density at radius 3 is 2.75 bits per heavy atom. The number of rotatable bonds is 4. The molecule has 0 bridgehead atoms. The first-order chi connectivity index (χ1) is 9.70. The third-order valence-corrected chi connectivity index (χ3v) is 3.58. The molecule has 1 aromatic carbocycles. The van der Waals surface area contributed by atoms with Crippen molar-refractivity contribution in [2.24, 2.45) is 0 Å². The molecule has 110 valence electrons. The highest BCUT2D eigenvalue weighted by molar-refractivity contribution is 5.81. The molecule has 1 aromatic rings. The molecular weight excluding hydrogens is 254 g/mol. The second-order valence-electron chi connectivity index (χ2n) is 5.04. The van der Waals surface area contributed by atoms with Crippen molar-refractivity contribution in [1.29, 1.82) is 0 Å². The second kappa shape index (κ2) is 7.14. The number of carbonyl (C=O) groups is 1. The Hall–Kier alpha value is -1.75. The topological polar surface area (TPSA) is 44.8 Å². The Bertz CT molecular complexity index is 425. The van der Waals surface area contributed by atoms with Crippen LogP contribution in [0.1, 0.15) is 6.42 Å². The Morgan fingerprint density at radius 1 is 1.30 bits per heavy atom. The van der Waals surface area contributed by atoms with Gasteiger partial charge in [-0.05, 0) is 37.2 Å². The highest BCUT2D eigenvalue weighted by atomic mass is 16.5. The van der Waals surface area contributed by atoms with E-state index in [1.807, 2.05) is 41.1 Å². The minimum absolute atomic E-state index is 0.187. The van der Waals surface area contributed by atoms with Gasteiger partial charge in [0.25, 0.3) is 0 Å². The third kappa shape index (κ3) is 3.87. The van der Waals surface area contributed by atoms with E-state index in [2.05, 4.69) is 5.32 Å². The molecule has 2 rings (SSSR count). The van der Waals surface area contributed by atoms with Crippen molar-refractivity contribution in [3.05, 3.63) is 24.3 Å². The minimum atomic E-state index is 0.187. The smallest absolute Gasteiger partial charge is 0.242 e. The van der Waals surface area contributed by atoms with Crippen LogP contribution in [0.15, 0.2) is 24.3 Å². The Balaban J connectivity index is 1.91. The van der Waals surface area contributed by atoms with E-state index in [-0.39, 0.29) is 5.91 Å². The first-order valence-corrected chi connectivity index (χ1v) is 7.04. The van der Waals surface area contributed by atoms with Crippen molar-refractivity contribution in [3.63, 3.8) is 0 Å². The number of amides is 1. The van der Waals surface area contributed by atoms with Crippen molar-refractivity contribution in [2.75, 3.05) is 51.8 Å². The maximum Gasteiger partial charge on any atom is 0.242 e. The largest absolute Gasteiger partial charge is 0.497 e. The molecule has 1 N–H and O–H groups in total. The maximum atomic E-state index is 12.3. The lowest BCUT2D eigenvalue weighted by atomic mass is 10.2. The molecule has 0 aromatic heterocycles. The quantitative estimate of drug-likeness (QED) is 0.890. The molecule has 0 aliphatic carbocycles. The summed E-state index contributed by atoms with van der Waals surface area (Å²) in [5, 5.41) is 3.31. The Morgan fingerprint density at radius 2 is 2.05 bits per heavy atom. The second-order valence-corrected chi connectivity index (χ2v) is 5.04. The first kappa shape index (κ1) is 14.7. The normalized spacial score (nSPS) is 15.6. The van der Waals surface area contributed by atoms with Gasteiger partial charge in [-0.1, -0.05) is 0 Å². The lowest BCUT2D eigenvalue weighted by Gasteiger charge is -2.25. The fourth-order valence-electron chi connectivity index (χ4n) is 2.33. The molecule has 1 aliphatic rings. The summed E-state index contributed by atoms with van der Waals surface area (Å²) in [4.78, 5) is 16.2. The van der Waals surface area contributed by atoms with Crippen LogP contribution in [-0.4, -0.2) is 57.7 Å². The molecule has 0 spiro atoms. The molecule has 0 unspecified atom stereocenters. The summed E-state index contributed by atoms with van der Waals surface area (Å²) < 4.78 is 5.14. The van der Waals surface area contributed by atoms with Crippen LogP contribution in [0.2, 0.25) is 0 Å². The monoisotopic (exact) mass is 277 g/mol. The van der Waals surface area contributed by atoms with E-state index in [1.165, 1.54) is 0 Å². The van der Waals surface area contributed by atoms with Gasteiger partial charge in [-0.2, -0.15) is 0 Å². The molecule has 1 heterocycles. The van der Waals surface area contributed by atoms with Gasteiger partial charge < -0.3 is 19.9 Å². The van der Waals surface area contributed by atoms with Gasteiger partial charge in [-0.3, -0.25) is 4.79 Å². The molecule has 1 saturated heterocycles. The van der Waals surface area contributed by atoms with Crippen LogP contribution < -0.4 is 15.0 Å². The molecule has 1 amide bonds. The SMILES string of the molecule is COc1ccc(N(C)CC(=O)N2CCCNCC2)cc1. The zero-order valence-corrected chi connectivity index (χ0v) is 12.3. The van der Waals surface area contributed by atoms with E-state index in [1.54, 1.807) is 7.11 Å². The van der Waals surface area contributed by atoms with Crippen LogP contribution in [0, 0.1) is 0 Å². The molecule has 5 heteroatoms. The lowest BCUT2D eigenvalue weighted by molar-refractivity contribution is -0.129. The van der Waals surface area contributed by atoms with Gasteiger partial charge in [0.05, 0.1) is 13.7 Å². The number of benzene rings is 1. The van der Waals surface area contributed by atoms with E-state index >= 15 is 0 Å². The van der Waals surface area contributed by atoms with Gasteiger partial charge in [0.1, 0.15) is 5.75 Å². The number of methoxy groups -OCH3 is 1. The number of nitrogens with zero attached hydrogens (tertiary/aromatic N) is 2. The highest BCUT2D eigenvalue weighted by Crippen LogP contribution is 2.18. The maximum absolute atomic E-state index is 12.3. The van der Waals surface area contributed by atoms with Gasteiger partial charge in [-0.15, -0.1) is 0 Å². The number of ether oxygens (including phenoxy) is 1. The molecule has 0 atom stereocenters. The van der Waals surface area contributed by atoms with E-state index in [0.29, 0.717) is 6.54 Å². The number of anilines is 1. The van der Waals surface area contributed by atoms with Gasteiger partial charge >= 0.3 is 0 Å². The van der Waals surface area contributed by atoms with Crippen molar-refractivity contribution < 1.29 is 9.53 Å². The van der Waals surface area contributed by atoms with Crippen molar-refractivity contribution in [2.45, 2.75) is 6.42 Å². The molecule has 5 nitrogen and oxygen atoms in total. The van der Waals surface area contributed by atoms with Crippen LogP contribution in [0.5, 0.6) is 5.75 Å². The summed E-state index contributed by atoms with van der Waals surface area (Å²) in [5.41, 5.74) is 1.02. The number of likely N-dealkylation sites (N-methyl/N-ethyl adjacent to an activating group) is 1.